The van der Waals surface area contributed by atoms with Gasteiger partial charge >= 0.3 is 0 Å². The molecule has 2 fully saturated rings. The van der Waals surface area contributed by atoms with Gasteiger partial charge < -0.3 is 20.9 Å². The second-order valence-corrected chi connectivity index (χ2v) is 12.0. The number of ether oxygens (including phenoxy) is 1. The third-order valence-corrected chi connectivity index (χ3v) is 9.00. The predicted octanol–water partition coefficient (Wildman–Crippen LogP) is 4.00. The summed E-state index contributed by atoms with van der Waals surface area (Å²) in [7, 11) is 0. The molecule has 226 valence electrons. The van der Waals surface area contributed by atoms with Crippen molar-refractivity contribution in [2.75, 3.05) is 13.2 Å². The van der Waals surface area contributed by atoms with E-state index in [2.05, 4.69) is 27.3 Å². The molecule has 4 N–H and O–H groups in total. The maximum Gasteiger partial charge on any atom is 0.217 e. The number of nitrogens with zero attached hydrogens (tertiary/aromatic N) is 4. The Balaban J connectivity index is 1.29. The first kappa shape index (κ1) is 29.3. The second-order valence-electron chi connectivity index (χ2n) is 12.0. The molecule has 2 aliphatic rings. The average molecular weight is 591 g/mol. The molecule has 11 heteroatoms. The summed E-state index contributed by atoms with van der Waals surface area (Å²) in [6.07, 6.45) is 7.77. The first-order valence-corrected chi connectivity index (χ1v) is 14.7. The molecule has 0 unspecified atom stereocenters. The van der Waals surface area contributed by atoms with Crippen LogP contribution in [0.15, 0.2) is 48.9 Å². The van der Waals surface area contributed by atoms with Crippen LogP contribution in [0.3, 0.4) is 0 Å². The molecule has 1 aromatic carbocycles. The van der Waals surface area contributed by atoms with Gasteiger partial charge in [-0.2, -0.15) is 5.10 Å². The number of carbonyl (C=O) groups is 1. The summed E-state index contributed by atoms with van der Waals surface area (Å²) in [5.74, 6) is -0.699. The minimum atomic E-state index is -1.33. The van der Waals surface area contributed by atoms with Gasteiger partial charge in [0, 0.05) is 63.9 Å². The van der Waals surface area contributed by atoms with Crippen LogP contribution >= 0.6 is 0 Å². The molecule has 0 spiro atoms. The maximum atomic E-state index is 15.4. The second kappa shape index (κ2) is 11.7. The van der Waals surface area contributed by atoms with Crippen LogP contribution in [0.25, 0.3) is 16.8 Å². The van der Waals surface area contributed by atoms with E-state index < -0.39 is 17.2 Å². The number of nitrogens with one attached hydrogen (secondary N) is 1. The summed E-state index contributed by atoms with van der Waals surface area (Å²) < 4.78 is 37.8. The largest absolute Gasteiger partial charge is 0.385 e. The van der Waals surface area contributed by atoms with E-state index in [1.54, 1.807) is 29.0 Å². The summed E-state index contributed by atoms with van der Waals surface area (Å²) >= 11 is 0. The average Bonchev–Trinajstić information content (AvgIpc) is 3.37. The standard InChI is InChI=1S/C32H36F2N6O3/c1-18-11-20(12-27(35)31(18)38-19(2)41)24-5-8-36-16-21(24)13-29-37-17-23-3-4-28(39-40(23)29)30-25(33)14-22(15-26(30)34)32(42)6-9-43-10-7-32/h3-5,8,14-18,20,27,31,42H,6-7,9-13,35H2,1-2H3,(H,38,41)/t18-,20+,27+,31-/m0/s1. The number of fused-ring (bicyclic) bond motifs is 1. The molecule has 1 saturated heterocycles. The minimum absolute atomic E-state index is 0.0765. The highest BCUT2D eigenvalue weighted by molar-refractivity contribution is 5.73. The van der Waals surface area contributed by atoms with E-state index in [0.29, 0.717) is 37.4 Å². The number of aromatic nitrogens is 4. The van der Waals surface area contributed by atoms with Gasteiger partial charge in [0.1, 0.15) is 17.5 Å². The van der Waals surface area contributed by atoms with Crippen LogP contribution < -0.4 is 11.1 Å². The van der Waals surface area contributed by atoms with E-state index in [0.717, 1.165) is 17.5 Å². The van der Waals surface area contributed by atoms with Gasteiger partial charge in [-0.1, -0.05) is 6.92 Å². The molecule has 43 heavy (non-hydrogen) atoms. The molecule has 4 atom stereocenters. The molecule has 1 aliphatic heterocycles. The number of imidazole rings is 1. The fourth-order valence-corrected chi connectivity index (χ4v) is 6.75. The highest BCUT2D eigenvalue weighted by Crippen LogP contribution is 2.38. The summed E-state index contributed by atoms with van der Waals surface area (Å²) in [4.78, 5) is 20.6. The van der Waals surface area contributed by atoms with E-state index in [9.17, 15) is 9.90 Å². The molecule has 1 amide bonds. The van der Waals surface area contributed by atoms with Crippen LogP contribution in [0.1, 0.15) is 68.0 Å². The third kappa shape index (κ3) is 5.76. The molecule has 9 nitrogen and oxygen atoms in total. The Morgan fingerprint density at radius 3 is 2.60 bits per heavy atom. The van der Waals surface area contributed by atoms with Crippen LogP contribution in [0, 0.1) is 17.6 Å². The first-order chi connectivity index (χ1) is 20.6. The van der Waals surface area contributed by atoms with Crippen molar-refractivity contribution in [2.45, 2.75) is 69.6 Å². The Bertz CT molecular complexity index is 1620. The summed E-state index contributed by atoms with van der Waals surface area (Å²) in [6.45, 7) is 4.27. The van der Waals surface area contributed by atoms with Gasteiger partial charge in [0.25, 0.3) is 0 Å². The zero-order valence-electron chi connectivity index (χ0n) is 24.3. The Morgan fingerprint density at radius 2 is 1.91 bits per heavy atom. The highest BCUT2D eigenvalue weighted by atomic mass is 19.1. The smallest absolute Gasteiger partial charge is 0.217 e. The van der Waals surface area contributed by atoms with Crippen molar-refractivity contribution < 1.29 is 23.4 Å². The van der Waals surface area contributed by atoms with E-state index in [-0.39, 0.29) is 59.5 Å². The normalized spacial score (nSPS) is 23.8. The number of benzene rings is 1. The lowest BCUT2D eigenvalue weighted by atomic mass is 9.72. The number of amides is 1. The Labute approximate surface area is 248 Å². The maximum absolute atomic E-state index is 15.4. The molecule has 1 aliphatic carbocycles. The Morgan fingerprint density at radius 1 is 1.16 bits per heavy atom. The molecule has 4 heterocycles. The van der Waals surface area contributed by atoms with Crippen molar-refractivity contribution in [2.24, 2.45) is 11.7 Å². The summed E-state index contributed by atoms with van der Waals surface area (Å²) in [5, 5.41) is 18.6. The Hall–Kier alpha value is -3.80. The lowest BCUT2D eigenvalue weighted by molar-refractivity contribution is -0.120. The van der Waals surface area contributed by atoms with Crippen molar-refractivity contribution in [1.29, 1.82) is 0 Å². The third-order valence-electron chi connectivity index (χ3n) is 9.00. The van der Waals surface area contributed by atoms with Crippen LogP contribution in [-0.2, 0) is 21.6 Å². The van der Waals surface area contributed by atoms with E-state index in [1.165, 1.54) is 19.1 Å². The molecule has 4 aromatic rings. The molecular formula is C32H36F2N6O3. The van der Waals surface area contributed by atoms with Crippen LogP contribution in [0.5, 0.6) is 0 Å². The fraction of sp³-hybridized carbons (Fsp3) is 0.438. The zero-order valence-corrected chi connectivity index (χ0v) is 24.3. The number of rotatable bonds is 6. The van der Waals surface area contributed by atoms with E-state index in [4.69, 9.17) is 10.5 Å². The number of nitrogens with two attached hydrogens (primary N) is 1. The van der Waals surface area contributed by atoms with Crippen molar-refractivity contribution in [3.63, 3.8) is 0 Å². The van der Waals surface area contributed by atoms with Gasteiger partial charge in [-0.05, 0) is 71.7 Å². The topological polar surface area (TPSA) is 128 Å². The monoisotopic (exact) mass is 590 g/mol. The predicted molar refractivity (Wildman–Crippen MR) is 156 cm³/mol. The van der Waals surface area contributed by atoms with Crippen LogP contribution in [-0.4, -0.2) is 55.9 Å². The van der Waals surface area contributed by atoms with Gasteiger partial charge in [-0.15, -0.1) is 0 Å². The molecule has 6 rings (SSSR count). The number of hydrogen-bond acceptors (Lipinski definition) is 7. The summed E-state index contributed by atoms with van der Waals surface area (Å²) in [6, 6.07) is 7.43. The van der Waals surface area contributed by atoms with Crippen LogP contribution in [0.2, 0.25) is 0 Å². The van der Waals surface area contributed by atoms with Gasteiger partial charge in [0.15, 0.2) is 0 Å². The molecule has 1 saturated carbocycles. The lowest BCUT2D eigenvalue weighted by Crippen LogP contribution is -2.54. The number of aliphatic hydroxyl groups is 1. The van der Waals surface area contributed by atoms with Gasteiger partial charge in [-0.25, -0.2) is 18.3 Å². The molecule has 0 bridgehead atoms. The molecule has 3 aromatic heterocycles. The molecule has 0 radical (unpaired) electrons. The minimum Gasteiger partial charge on any atom is -0.385 e. The van der Waals surface area contributed by atoms with E-state index in [1.807, 2.05) is 12.3 Å². The highest BCUT2D eigenvalue weighted by Gasteiger charge is 2.36. The van der Waals surface area contributed by atoms with Gasteiger partial charge in [-0.3, -0.25) is 9.78 Å². The lowest BCUT2D eigenvalue weighted by Gasteiger charge is -2.39. The number of hydrogen-bond donors (Lipinski definition) is 3. The number of halogens is 2. The van der Waals surface area contributed by atoms with Crippen molar-refractivity contribution in [3.05, 3.63) is 83.1 Å². The SMILES string of the molecule is CC(=O)N[C@@H]1[C@H](N)C[C@H](c2ccncc2Cc2ncc3ccc(-c4c(F)cc(C5(O)CCOCC5)cc4F)nn23)C[C@@H]1C. The van der Waals surface area contributed by atoms with Crippen LogP contribution in [0.4, 0.5) is 8.78 Å². The van der Waals surface area contributed by atoms with Crippen molar-refractivity contribution in [3.8, 4) is 11.3 Å². The number of carbonyl (C=O) groups excluding carboxylic acids is 1. The van der Waals surface area contributed by atoms with E-state index >= 15 is 8.78 Å². The Kier molecular flexibility index (Phi) is 7.97. The number of pyridine rings is 1. The van der Waals surface area contributed by atoms with Crippen molar-refractivity contribution in [1.82, 2.24) is 24.9 Å². The molecular weight excluding hydrogens is 554 g/mol. The van der Waals surface area contributed by atoms with Crippen molar-refractivity contribution >= 4 is 11.4 Å². The van der Waals surface area contributed by atoms with Gasteiger partial charge in [0.05, 0.1) is 28.6 Å². The fourth-order valence-electron chi connectivity index (χ4n) is 6.75. The first-order valence-electron chi connectivity index (χ1n) is 14.7. The summed E-state index contributed by atoms with van der Waals surface area (Å²) in [5.41, 5.74) is 8.01. The quantitative estimate of drug-likeness (QED) is 0.310. The zero-order chi connectivity index (χ0) is 30.3. The van der Waals surface area contributed by atoms with Gasteiger partial charge in [0.2, 0.25) is 5.91 Å².